The van der Waals surface area contributed by atoms with Crippen LogP contribution in [0.4, 0.5) is 0 Å². The van der Waals surface area contributed by atoms with E-state index < -0.39 is 0 Å². The van der Waals surface area contributed by atoms with E-state index in [0.717, 1.165) is 18.5 Å². The number of hydrogen-bond acceptors (Lipinski definition) is 1. The van der Waals surface area contributed by atoms with E-state index in [9.17, 15) is 0 Å². The minimum Gasteiger partial charge on any atom is -0.257 e. The van der Waals surface area contributed by atoms with Gasteiger partial charge in [0.15, 0.2) is 0 Å². The van der Waals surface area contributed by atoms with Crippen LogP contribution in [-0.2, 0) is 0 Å². The molecule has 2 aromatic rings. The second-order valence-corrected chi connectivity index (χ2v) is 6.96. The Hall–Kier alpha value is -2.15. The summed E-state index contributed by atoms with van der Waals surface area (Å²) >= 11 is 0. The maximum atomic E-state index is 4.64. The van der Waals surface area contributed by atoms with Gasteiger partial charge in [0, 0.05) is 6.20 Å². The number of nitrogens with zero attached hydrogens (tertiary/aromatic N) is 1. The molecule has 1 heteroatoms. The number of allylic oxidation sites excluding steroid dienone is 2. The number of fused-ring (bicyclic) bond motifs is 1. The van der Waals surface area contributed by atoms with Crippen LogP contribution in [-0.4, -0.2) is 4.98 Å². The number of unbranched alkanes of at least 4 members (excludes halogenated alkanes) is 1. The number of hydrogen-bond donors (Lipinski definition) is 0. The maximum absolute atomic E-state index is 4.64. The van der Waals surface area contributed by atoms with Crippen molar-refractivity contribution in [1.82, 2.24) is 4.98 Å². The zero-order chi connectivity index (χ0) is 18.8. The van der Waals surface area contributed by atoms with Crippen molar-refractivity contribution in [3.63, 3.8) is 0 Å². The largest absolute Gasteiger partial charge is 0.257 e. The molecule has 0 fully saturated rings. The molecule has 2 unspecified atom stereocenters. The first-order valence-electron chi connectivity index (χ1n) is 10.1. The Balaban J connectivity index is 0.000000552. The van der Waals surface area contributed by atoms with E-state index >= 15 is 0 Å². The van der Waals surface area contributed by atoms with Gasteiger partial charge in [-0.25, -0.2) is 0 Å². The molecule has 0 aliphatic heterocycles. The van der Waals surface area contributed by atoms with Crippen molar-refractivity contribution in [2.75, 3.05) is 0 Å². The molecule has 0 N–H and O–H groups in total. The van der Waals surface area contributed by atoms with E-state index in [4.69, 9.17) is 0 Å². The molecule has 0 saturated carbocycles. The average molecular weight is 348 g/mol. The van der Waals surface area contributed by atoms with E-state index in [1.807, 2.05) is 12.3 Å². The maximum Gasteiger partial charge on any atom is 0.0670 e. The van der Waals surface area contributed by atoms with Gasteiger partial charge in [-0.2, -0.15) is 0 Å². The summed E-state index contributed by atoms with van der Waals surface area (Å²) in [4.78, 5) is 4.64. The Morgan fingerprint density at radius 1 is 1.04 bits per heavy atom. The highest BCUT2D eigenvalue weighted by Gasteiger charge is 2.23. The van der Waals surface area contributed by atoms with Crippen LogP contribution in [0.3, 0.4) is 0 Å². The quantitative estimate of drug-likeness (QED) is 0.652. The molecule has 1 aliphatic carbocycles. The lowest BCUT2D eigenvalue weighted by Gasteiger charge is -2.26. The van der Waals surface area contributed by atoms with Crippen LogP contribution in [0.1, 0.15) is 59.1 Å². The van der Waals surface area contributed by atoms with Crippen LogP contribution < -0.4 is 10.4 Å². The van der Waals surface area contributed by atoms with E-state index in [0.29, 0.717) is 11.8 Å². The normalized spacial score (nSPS) is 17.1. The SMILES string of the molecule is CCC=CC(C)C1CC=c2ccccc2=C1c1ccccn1.CCCC. The van der Waals surface area contributed by atoms with Gasteiger partial charge in [0.05, 0.1) is 5.69 Å². The predicted octanol–water partition coefficient (Wildman–Crippen LogP) is 5.49. The summed E-state index contributed by atoms with van der Waals surface area (Å²) in [6.45, 7) is 8.87. The third-order valence-corrected chi connectivity index (χ3v) is 4.96. The van der Waals surface area contributed by atoms with Gasteiger partial charge in [0.25, 0.3) is 0 Å². The minimum absolute atomic E-state index is 0.493. The molecular formula is C25H33N. The molecule has 1 heterocycles. The van der Waals surface area contributed by atoms with Crippen molar-refractivity contribution in [1.29, 1.82) is 0 Å². The van der Waals surface area contributed by atoms with E-state index in [-0.39, 0.29) is 0 Å². The number of aromatic nitrogens is 1. The molecule has 0 amide bonds. The molecule has 26 heavy (non-hydrogen) atoms. The third-order valence-electron chi connectivity index (χ3n) is 4.96. The van der Waals surface area contributed by atoms with Crippen LogP contribution in [0.15, 0.2) is 60.8 Å². The number of pyridine rings is 1. The Labute approximate surface area is 159 Å². The van der Waals surface area contributed by atoms with Gasteiger partial charge >= 0.3 is 0 Å². The monoisotopic (exact) mass is 347 g/mol. The Morgan fingerprint density at radius 3 is 2.42 bits per heavy atom. The Kier molecular flexibility index (Phi) is 8.34. The van der Waals surface area contributed by atoms with Gasteiger partial charge < -0.3 is 0 Å². The first-order chi connectivity index (χ1) is 12.7. The fourth-order valence-corrected chi connectivity index (χ4v) is 3.30. The second-order valence-electron chi connectivity index (χ2n) is 6.96. The van der Waals surface area contributed by atoms with Crippen molar-refractivity contribution in [2.24, 2.45) is 11.8 Å². The van der Waals surface area contributed by atoms with Crippen molar-refractivity contribution >= 4 is 11.6 Å². The highest BCUT2D eigenvalue weighted by Crippen LogP contribution is 2.31. The minimum atomic E-state index is 0.493. The summed E-state index contributed by atoms with van der Waals surface area (Å²) in [6, 6.07) is 14.9. The third kappa shape index (κ3) is 5.17. The predicted molar refractivity (Wildman–Crippen MR) is 114 cm³/mol. The summed E-state index contributed by atoms with van der Waals surface area (Å²) in [5, 5.41) is 2.68. The molecule has 0 spiro atoms. The lowest BCUT2D eigenvalue weighted by molar-refractivity contribution is 0.535. The fourth-order valence-electron chi connectivity index (χ4n) is 3.30. The standard InChI is InChI=1S/C21H23N.C4H10/c1-3-4-9-16(2)18-14-13-17-10-5-6-11-19(17)21(18)20-12-7-8-15-22-20;1-3-4-2/h4-13,15-16,18H,3,14H2,1-2H3;3-4H2,1-2H3. The highest BCUT2D eigenvalue weighted by atomic mass is 14.7. The molecule has 0 saturated heterocycles. The lowest BCUT2D eigenvalue weighted by atomic mass is 9.78. The molecule has 1 aromatic heterocycles. The van der Waals surface area contributed by atoms with Gasteiger partial charge in [-0.3, -0.25) is 4.98 Å². The van der Waals surface area contributed by atoms with Crippen molar-refractivity contribution in [3.8, 4) is 0 Å². The van der Waals surface area contributed by atoms with Crippen molar-refractivity contribution < 1.29 is 0 Å². The topological polar surface area (TPSA) is 12.9 Å². The first kappa shape index (κ1) is 20.2. The second kappa shape index (κ2) is 10.8. The van der Waals surface area contributed by atoms with E-state index in [1.54, 1.807) is 0 Å². The summed E-state index contributed by atoms with van der Waals surface area (Å²) in [7, 11) is 0. The summed E-state index contributed by atoms with van der Waals surface area (Å²) < 4.78 is 0. The van der Waals surface area contributed by atoms with E-state index in [2.05, 4.69) is 87.3 Å². The van der Waals surface area contributed by atoms with Crippen LogP contribution in [0, 0.1) is 11.8 Å². The van der Waals surface area contributed by atoms with Crippen LogP contribution >= 0.6 is 0 Å². The number of rotatable bonds is 5. The average Bonchev–Trinajstić information content (AvgIpc) is 2.72. The molecule has 1 aliphatic rings. The van der Waals surface area contributed by atoms with Crippen LogP contribution in [0.2, 0.25) is 0 Å². The smallest absolute Gasteiger partial charge is 0.0670 e. The summed E-state index contributed by atoms with van der Waals surface area (Å²) in [5.74, 6) is 1.01. The van der Waals surface area contributed by atoms with Gasteiger partial charge in [-0.05, 0) is 52.8 Å². The van der Waals surface area contributed by atoms with Crippen LogP contribution in [0.5, 0.6) is 0 Å². The van der Waals surface area contributed by atoms with Gasteiger partial charge in [-0.15, -0.1) is 0 Å². The van der Waals surface area contributed by atoms with Gasteiger partial charge in [0.1, 0.15) is 0 Å². The molecule has 2 atom stereocenters. The Bertz CT molecular complexity index is 800. The summed E-state index contributed by atoms with van der Waals surface area (Å²) in [6.07, 6.45) is 13.7. The van der Waals surface area contributed by atoms with E-state index in [1.165, 1.54) is 28.9 Å². The highest BCUT2D eigenvalue weighted by molar-refractivity contribution is 5.67. The number of benzene rings is 1. The molecule has 3 rings (SSSR count). The molecule has 1 nitrogen and oxygen atoms in total. The molecule has 1 aromatic carbocycles. The first-order valence-corrected chi connectivity index (χ1v) is 10.1. The summed E-state index contributed by atoms with van der Waals surface area (Å²) in [5.41, 5.74) is 2.51. The Morgan fingerprint density at radius 2 is 1.77 bits per heavy atom. The van der Waals surface area contributed by atoms with Crippen molar-refractivity contribution in [2.45, 2.75) is 53.4 Å². The zero-order valence-electron chi connectivity index (χ0n) is 16.8. The van der Waals surface area contributed by atoms with Crippen molar-refractivity contribution in [3.05, 3.63) is 76.9 Å². The molecule has 138 valence electrons. The fraction of sp³-hybridized carbons (Fsp3) is 0.400. The van der Waals surface area contributed by atoms with Gasteiger partial charge in [-0.1, -0.05) is 89.1 Å². The van der Waals surface area contributed by atoms with Crippen LogP contribution in [0.25, 0.3) is 11.6 Å². The molecular weight excluding hydrogens is 314 g/mol. The zero-order valence-corrected chi connectivity index (χ0v) is 16.8. The molecule has 0 radical (unpaired) electrons. The van der Waals surface area contributed by atoms with Gasteiger partial charge in [0.2, 0.25) is 0 Å². The molecule has 0 bridgehead atoms. The lowest BCUT2D eigenvalue weighted by Crippen LogP contribution is -2.35.